The Balaban J connectivity index is 1.61. The van der Waals surface area contributed by atoms with Gasteiger partial charge in [-0.1, -0.05) is 74.8 Å². The molecule has 10 nitrogen and oxygen atoms in total. The normalized spacial score (nSPS) is 26.8. The van der Waals surface area contributed by atoms with E-state index in [2.05, 4.69) is 10.6 Å². The number of carbonyl (C=O) groups excluding carboxylic acids is 4. The zero-order chi connectivity index (χ0) is 34.3. The van der Waals surface area contributed by atoms with Crippen molar-refractivity contribution in [2.24, 2.45) is 17.3 Å². The highest BCUT2D eigenvalue weighted by Gasteiger charge is 2.48. The minimum atomic E-state index is -1.20. The topological polar surface area (TPSA) is 133 Å². The minimum Gasteiger partial charge on any atom is -0.495 e. The first kappa shape index (κ1) is 36.0. The molecule has 0 saturated carbocycles. The van der Waals surface area contributed by atoms with Crippen molar-refractivity contribution in [3.63, 3.8) is 0 Å². The number of epoxide rings is 1. The molecule has 11 heteroatoms. The van der Waals surface area contributed by atoms with Crippen LogP contribution in [0.1, 0.15) is 64.7 Å². The van der Waals surface area contributed by atoms with Gasteiger partial charge in [0.05, 0.1) is 23.7 Å². The lowest BCUT2D eigenvalue weighted by atomic mass is 9.92. The van der Waals surface area contributed by atoms with E-state index in [0.717, 1.165) is 5.56 Å². The Morgan fingerprint density at radius 3 is 2.40 bits per heavy atom. The van der Waals surface area contributed by atoms with Crippen LogP contribution in [0.2, 0.25) is 5.02 Å². The summed E-state index contributed by atoms with van der Waals surface area (Å²) < 4.78 is 23.1. The molecule has 0 spiro atoms. The molecule has 2 N–H and O–H groups in total. The number of cyclic esters (lactones) is 2. The highest BCUT2D eigenvalue weighted by Crippen LogP contribution is 2.45. The number of nitrogens with one attached hydrogen (secondary N) is 2. The molecule has 2 heterocycles. The molecular formula is C36H45ClN2O8. The number of esters is 2. The zero-order valence-corrected chi connectivity index (χ0v) is 28.5. The molecule has 0 aromatic heterocycles. The monoisotopic (exact) mass is 668 g/mol. The molecule has 1 fully saturated rings. The summed E-state index contributed by atoms with van der Waals surface area (Å²) in [5.41, 5.74) is 0.524. The van der Waals surface area contributed by atoms with Gasteiger partial charge in [0.2, 0.25) is 11.8 Å². The van der Waals surface area contributed by atoms with Crippen LogP contribution in [0.15, 0.2) is 60.7 Å². The second-order valence-corrected chi connectivity index (χ2v) is 13.7. The van der Waals surface area contributed by atoms with Crippen LogP contribution in [-0.2, 0) is 39.8 Å². The molecular weight excluding hydrogens is 624 g/mol. The minimum absolute atomic E-state index is 0.0228. The molecule has 2 aromatic rings. The number of halogens is 1. The fraction of sp³-hybridized carbons (Fsp3) is 0.500. The average Bonchev–Trinajstić information content (AvgIpc) is 3.83. The Morgan fingerprint density at radius 2 is 1.74 bits per heavy atom. The first-order valence-electron chi connectivity index (χ1n) is 16.0. The lowest BCUT2D eigenvalue weighted by Crippen LogP contribution is -2.51. The number of ether oxygens (including phenoxy) is 4. The van der Waals surface area contributed by atoms with E-state index < -0.39 is 47.4 Å². The summed E-state index contributed by atoms with van der Waals surface area (Å²) in [7, 11) is 1.51. The lowest BCUT2D eigenvalue weighted by molar-refractivity contribution is -0.179. The van der Waals surface area contributed by atoms with Crippen molar-refractivity contribution in [3.8, 4) is 5.75 Å². The fourth-order valence-electron chi connectivity index (χ4n) is 5.46. The maximum Gasteiger partial charge on any atom is 0.347 e. The Kier molecular flexibility index (Phi) is 12.1. The van der Waals surface area contributed by atoms with Gasteiger partial charge in [-0.15, -0.1) is 0 Å². The van der Waals surface area contributed by atoms with Crippen LogP contribution < -0.4 is 15.4 Å². The molecule has 2 aromatic carbocycles. The van der Waals surface area contributed by atoms with Gasteiger partial charge in [-0.2, -0.15) is 0 Å². The Bertz CT molecular complexity index is 1460. The molecule has 2 amide bonds. The summed E-state index contributed by atoms with van der Waals surface area (Å²) in [6, 6.07) is 13.9. The van der Waals surface area contributed by atoms with E-state index in [1.807, 2.05) is 51.1 Å². The summed E-state index contributed by atoms with van der Waals surface area (Å²) in [6.07, 6.45) is 1.34. The molecule has 6 atom stereocenters. The van der Waals surface area contributed by atoms with E-state index in [9.17, 15) is 19.2 Å². The van der Waals surface area contributed by atoms with Crippen LogP contribution in [0.5, 0.6) is 5.75 Å². The highest BCUT2D eigenvalue weighted by molar-refractivity contribution is 6.32. The number of carbonyl (C=O) groups is 4. The summed E-state index contributed by atoms with van der Waals surface area (Å²) in [4.78, 5) is 53.6. The number of rotatable bonds is 8. The van der Waals surface area contributed by atoms with Crippen molar-refractivity contribution in [1.82, 2.24) is 10.6 Å². The van der Waals surface area contributed by atoms with Gasteiger partial charge in [-0.05, 0) is 55.5 Å². The van der Waals surface area contributed by atoms with E-state index in [4.69, 9.17) is 30.5 Å². The lowest BCUT2D eigenvalue weighted by Gasteiger charge is -2.29. The molecule has 0 radical (unpaired) electrons. The maximum absolute atomic E-state index is 13.6. The van der Waals surface area contributed by atoms with Crippen molar-refractivity contribution in [2.75, 3.05) is 13.7 Å². The number of methoxy groups -OCH3 is 1. The van der Waals surface area contributed by atoms with Crippen LogP contribution in [-0.4, -0.2) is 61.8 Å². The van der Waals surface area contributed by atoms with Crippen molar-refractivity contribution in [2.45, 2.75) is 84.3 Å². The maximum atomic E-state index is 13.6. The molecule has 2 aliphatic rings. The summed E-state index contributed by atoms with van der Waals surface area (Å²) in [6.45, 7) is 8.92. The highest BCUT2D eigenvalue weighted by atomic mass is 35.5. The van der Waals surface area contributed by atoms with Gasteiger partial charge in [0, 0.05) is 25.3 Å². The van der Waals surface area contributed by atoms with Crippen LogP contribution in [0.4, 0.5) is 0 Å². The largest absolute Gasteiger partial charge is 0.495 e. The molecule has 0 bridgehead atoms. The van der Waals surface area contributed by atoms with E-state index in [1.54, 1.807) is 38.1 Å². The number of hydrogen-bond donors (Lipinski definition) is 2. The molecule has 0 aliphatic carbocycles. The smallest absolute Gasteiger partial charge is 0.347 e. The van der Waals surface area contributed by atoms with Gasteiger partial charge in [0.1, 0.15) is 24.0 Å². The standard InChI is InChI=1S/C36H45ClN2O8/c1-21(2)17-29-34(42)45-27(22(3)31-32(47-31)24-11-8-7-9-12-24)13-10-14-30(40)39-26(19-23-15-16-28(44-6)25(37)18-23)33(41)38-20-36(4,5)35(43)46-29/h7-12,14-16,18,21-22,26-27,29,31-32H,13,17,19-20H2,1-6H3,(H,38,41)(H,39,40)/b14-10-/t22-,26+,27?,29-,31?,32+/m0/s1. The zero-order valence-electron chi connectivity index (χ0n) is 27.8. The average molecular weight is 669 g/mol. The first-order valence-corrected chi connectivity index (χ1v) is 16.4. The number of benzene rings is 2. The summed E-state index contributed by atoms with van der Waals surface area (Å²) >= 11 is 6.32. The molecule has 2 unspecified atom stereocenters. The van der Waals surface area contributed by atoms with Crippen LogP contribution >= 0.6 is 11.6 Å². The van der Waals surface area contributed by atoms with Gasteiger partial charge >= 0.3 is 11.9 Å². The third-order valence-corrected chi connectivity index (χ3v) is 8.70. The van der Waals surface area contributed by atoms with E-state index in [-0.39, 0.29) is 49.9 Å². The third kappa shape index (κ3) is 9.81. The molecule has 2 aliphatic heterocycles. The van der Waals surface area contributed by atoms with Crippen molar-refractivity contribution in [1.29, 1.82) is 0 Å². The van der Waals surface area contributed by atoms with E-state index in [0.29, 0.717) is 16.3 Å². The van der Waals surface area contributed by atoms with Crippen LogP contribution in [0, 0.1) is 17.3 Å². The molecule has 47 heavy (non-hydrogen) atoms. The van der Waals surface area contributed by atoms with Gasteiger partial charge < -0.3 is 29.6 Å². The van der Waals surface area contributed by atoms with Crippen molar-refractivity contribution in [3.05, 3.63) is 76.8 Å². The quantitative estimate of drug-likeness (QED) is 0.293. The Morgan fingerprint density at radius 1 is 1.02 bits per heavy atom. The number of hydrogen-bond acceptors (Lipinski definition) is 8. The van der Waals surface area contributed by atoms with E-state index in [1.165, 1.54) is 13.2 Å². The van der Waals surface area contributed by atoms with Crippen molar-refractivity contribution < 1.29 is 38.1 Å². The second kappa shape index (κ2) is 15.8. The van der Waals surface area contributed by atoms with Gasteiger partial charge in [0.15, 0.2) is 6.10 Å². The fourth-order valence-corrected chi connectivity index (χ4v) is 5.75. The Labute approximate surface area is 281 Å². The van der Waals surface area contributed by atoms with Gasteiger partial charge in [-0.3, -0.25) is 14.4 Å². The Hall–Kier alpha value is -3.89. The third-order valence-electron chi connectivity index (χ3n) is 8.41. The van der Waals surface area contributed by atoms with Crippen LogP contribution in [0.25, 0.3) is 0 Å². The summed E-state index contributed by atoms with van der Waals surface area (Å²) in [5, 5.41) is 5.91. The van der Waals surface area contributed by atoms with Gasteiger partial charge in [0.25, 0.3) is 0 Å². The number of amides is 2. The summed E-state index contributed by atoms with van der Waals surface area (Å²) in [5.74, 6) is -2.06. The predicted molar refractivity (Wildman–Crippen MR) is 177 cm³/mol. The van der Waals surface area contributed by atoms with Crippen LogP contribution in [0.3, 0.4) is 0 Å². The van der Waals surface area contributed by atoms with Crippen molar-refractivity contribution >= 4 is 35.4 Å². The first-order chi connectivity index (χ1) is 22.3. The predicted octanol–water partition coefficient (Wildman–Crippen LogP) is 5.12. The van der Waals surface area contributed by atoms with E-state index >= 15 is 0 Å². The SMILES string of the molecule is COc1ccc(C[C@H]2NC(=O)/C=C\CC([C@H](C)C3O[C@@H]3c3ccccc3)OC(=O)[C@H](CC(C)C)OC(=O)C(C)(C)CNC2=O)cc1Cl. The molecule has 1 saturated heterocycles. The second-order valence-electron chi connectivity index (χ2n) is 13.3. The molecule has 254 valence electrons. The van der Waals surface area contributed by atoms with Gasteiger partial charge in [-0.25, -0.2) is 4.79 Å². The molecule has 4 rings (SSSR count).